The van der Waals surface area contributed by atoms with Crippen LogP contribution in [0.2, 0.25) is 0 Å². The van der Waals surface area contributed by atoms with Gasteiger partial charge in [0.05, 0.1) is 0 Å². The summed E-state index contributed by atoms with van der Waals surface area (Å²) < 4.78 is 40.8. The Morgan fingerprint density at radius 2 is 1.59 bits per heavy atom. The van der Waals surface area contributed by atoms with Gasteiger partial charge in [-0.25, -0.2) is 13.2 Å². The van der Waals surface area contributed by atoms with Crippen molar-refractivity contribution >= 4 is 0 Å². The highest BCUT2D eigenvalue weighted by atomic mass is 19.2. The number of hydrogen-bond donors (Lipinski definition) is 0. The molecule has 27 heavy (non-hydrogen) atoms. The average molecular weight is 374 g/mol. The predicted octanol–water partition coefficient (Wildman–Crippen LogP) is 6.96. The second-order valence-corrected chi connectivity index (χ2v) is 7.90. The van der Waals surface area contributed by atoms with Gasteiger partial charge >= 0.3 is 0 Å². The van der Waals surface area contributed by atoms with E-state index in [4.69, 9.17) is 0 Å². The molecule has 0 amide bonds. The van der Waals surface area contributed by atoms with Gasteiger partial charge in [0.1, 0.15) is 0 Å². The number of unbranched alkanes of at least 4 members (excludes halogenated alkanes) is 3. The van der Waals surface area contributed by atoms with Gasteiger partial charge in [0.15, 0.2) is 17.5 Å². The van der Waals surface area contributed by atoms with E-state index in [-0.39, 0.29) is 0 Å². The number of hydrogen-bond acceptors (Lipinski definition) is 0. The molecule has 0 bridgehead atoms. The minimum absolute atomic E-state index is 0.373. The van der Waals surface area contributed by atoms with Crippen molar-refractivity contribution in [3.05, 3.63) is 70.0 Å². The van der Waals surface area contributed by atoms with Crippen LogP contribution in [-0.2, 0) is 25.7 Å². The van der Waals surface area contributed by atoms with Crippen LogP contribution in [0.1, 0.15) is 67.7 Å². The molecule has 0 aromatic heterocycles. The van der Waals surface area contributed by atoms with E-state index in [1.54, 1.807) is 0 Å². The summed E-state index contributed by atoms with van der Waals surface area (Å²) in [6, 6.07) is 10.1. The molecule has 0 aliphatic heterocycles. The second kappa shape index (κ2) is 9.43. The summed E-state index contributed by atoms with van der Waals surface area (Å²) in [6.07, 6.45) is 10.2. The van der Waals surface area contributed by atoms with Crippen molar-refractivity contribution in [3.8, 4) is 0 Å². The van der Waals surface area contributed by atoms with E-state index >= 15 is 0 Å². The third-order valence-electron chi connectivity index (χ3n) is 5.85. The van der Waals surface area contributed by atoms with Gasteiger partial charge in [-0.1, -0.05) is 50.5 Å². The molecule has 0 saturated heterocycles. The van der Waals surface area contributed by atoms with Crippen LogP contribution in [0.4, 0.5) is 13.2 Å². The van der Waals surface area contributed by atoms with Gasteiger partial charge in [-0.15, -0.1) is 0 Å². The normalized spacial score (nSPS) is 16.4. The van der Waals surface area contributed by atoms with E-state index in [1.165, 1.54) is 42.9 Å². The fourth-order valence-electron chi connectivity index (χ4n) is 4.14. The Hall–Kier alpha value is -1.77. The van der Waals surface area contributed by atoms with E-state index in [2.05, 4.69) is 31.2 Å². The van der Waals surface area contributed by atoms with Crippen LogP contribution >= 0.6 is 0 Å². The zero-order valence-electron chi connectivity index (χ0n) is 16.2. The van der Waals surface area contributed by atoms with E-state index in [0.717, 1.165) is 25.7 Å². The van der Waals surface area contributed by atoms with Crippen LogP contribution in [-0.4, -0.2) is 0 Å². The van der Waals surface area contributed by atoms with Crippen molar-refractivity contribution in [2.45, 2.75) is 71.1 Å². The van der Waals surface area contributed by atoms with Gasteiger partial charge in [-0.05, 0) is 79.2 Å². The fraction of sp³-hybridized carbons (Fsp3) is 0.500. The lowest BCUT2D eigenvalue weighted by atomic mass is 9.80. The summed E-state index contributed by atoms with van der Waals surface area (Å²) in [5.41, 5.74) is 3.73. The van der Waals surface area contributed by atoms with Gasteiger partial charge in [-0.3, -0.25) is 0 Å². The highest BCUT2D eigenvalue weighted by Gasteiger charge is 2.25. The van der Waals surface area contributed by atoms with Crippen molar-refractivity contribution in [1.29, 1.82) is 0 Å². The maximum absolute atomic E-state index is 13.9. The Morgan fingerprint density at radius 3 is 2.30 bits per heavy atom. The van der Waals surface area contributed by atoms with Crippen LogP contribution in [0, 0.1) is 23.4 Å². The Kier molecular flexibility index (Phi) is 6.98. The van der Waals surface area contributed by atoms with Gasteiger partial charge < -0.3 is 0 Å². The highest BCUT2D eigenvalue weighted by molar-refractivity contribution is 5.33. The number of rotatable bonds is 8. The van der Waals surface area contributed by atoms with Gasteiger partial charge in [0.2, 0.25) is 0 Å². The first-order chi connectivity index (χ1) is 13.1. The SMILES string of the molecule is CCCCCCc1ccc(CCC2CCc3c(cc(F)c(F)c3F)C2)cc1. The molecule has 0 fully saturated rings. The third-order valence-corrected chi connectivity index (χ3v) is 5.85. The van der Waals surface area contributed by atoms with Crippen molar-refractivity contribution < 1.29 is 13.2 Å². The van der Waals surface area contributed by atoms with Crippen LogP contribution < -0.4 is 0 Å². The van der Waals surface area contributed by atoms with E-state index < -0.39 is 17.5 Å². The molecule has 0 heterocycles. The lowest BCUT2D eigenvalue weighted by molar-refractivity contribution is 0.394. The molecule has 1 atom stereocenters. The van der Waals surface area contributed by atoms with Gasteiger partial charge in [0, 0.05) is 0 Å². The van der Waals surface area contributed by atoms with Crippen LogP contribution in [0.15, 0.2) is 30.3 Å². The molecular weight excluding hydrogens is 345 g/mol. The topological polar surface area (TPSA) is 0 Å². The molecule has 0 nitrogen and oxygen atoms in total. The zero-order valence-corrected chi connectivity index (χ0v) is 16.2. The van der Waals surface area contributed by atoms with Crippen molar-refractivity contribution in [2.75, 3.05) is 0 Å². The van der Waals surface area contributed by atoms with E-state index in [0.29, 0.717) is 29.9 Å². The Morgan fingerprint density at radius 1 is 0.889 bits per heavy atom. The molecule has 3 rings (SSSR count). The summed E-state index contributed by atoms with van der Waals surface area (Å²) in [6.45, 7) is 2.23. The molecule has 0 spiro atoms. The monoisotopic (exact) mass is 374 g/mol. The molecule has 1 unspecified atom stereocenters. The first-order valence-corrected chi connectivity index (χ1v) is 10.3. The summed E-state index contributed by atoms with van der Waals surface area (Å²) in [5, 5.41) is 0. The number of benzene rings is 2. The van der Waals surface area contributed by atoms with Crippen molar-refractivity contribution in [3.63, 3.8) is 0 Å². The molecule has 0 radical (unpaired) electrons. The smallest absolute Gasteiger partial charge is 0.194 e. The average Bonchev–Trinajstić information content (AvgIpc) is 2.68. The van der Waals surface area contributed by atoms with Gasteiger partial charge in [0.25, 0.3) is 0 Å². The molecule has 3 heteroatoms. The molecule has 146 valence electrons. The summed E-state index contributed by atoms with van der Waals surface area (Å²) in [7, 11) is 0. The predicted molar refractivity (Wildman–Crippen MR) is 104 cm³/mol. The largest absolute Gasteiger partial charge is 0.204 e. The molecule has 2 aromatic carbocycles. The standard InChI is InChI=1S/C24H29F3/c1-2-3-4-5-6-17-7-9-18(10-8-17)11-12-19-13-14-21-20(15-19)16-22(25)24(27)23(21)26/h7-10,16,19H,2-6,11-15H2,1H3. The summed E-state index contributed by atoms with van der Waals surface area (Å²) in [5.74, 6) is -2.99. The minimum Gasteiger partial charge on any atom is -0.204 e. The highest BCUT2D eigenvalue weighted by Crippen LogP contribution is 2.32. The lowest BCUT2D eigenvalue weighted by Crippen LogP contribution is -2.18. The van der Waals surface area contributed by atoms with Crippen molar-refractivity contribution in [2.24, 2.45) is 5.92 Å². The van der Waals surface area contributed by atoms with Gasteiger partial charge in [-0.2, -0.15) is 0 Å². The number of halogens is 3. The molecule has 2 aromatic rings. The van der Waals surface area contributed by atoms with E-state index in [1.807, 2.05) is 0 Å². The quantitative estimate of drug-likeness (QED) is 0.346. The van der Waals surface area contributed by atoms with E-state index in [9.17, 15) is 13.2 Å². The molecule has 1 aliphatic rings. The third kappa shape index (κ3) is 5.15. The Balaban J connectivity index is 1.51. The molecule has 0 saturated carbocycles. The molecular formula is C24H29F3. The lowest BCUT2D eigenvalue weighted by Gasteiger charge is -2.25. The summed E-state index contributed by atoms with van der Waals surface area (Å²) in [4.78, 5) is 0. The second-order valence-electron chi connectivity index (χ2n) is 7.90. The first-order valence-electron chi connectivity index (χ1n) is 10.3. The zero-order chi connectivity index (χ0) is 19.2. The van der Waals surface area contributed by atoms with Crippen LogP contribution in [0.5, 0.6) is 0 Å². The van der Waals surface area contributed by atoms with Crippen LogP contribution in [0.25, 0.3) is 0 Å². The van der Waals surface area contributed by atoms with Crippen LogP contribution in [0.3, 0.4) is 0 Å². The summed E-state index contributed by atoms with van der Waals surface area (Å²) >= 11 is 0. The maximum Gasteiger partial charge on any atom is 0.194 e. The number of aryl methyl sites for hydroxylation is 2. The minimum atomic E-state index is -1.33. The Bertz CT molecular complexity index is 749. The Labute approximate surface area is 160 Å². The first kappa shape index (κ1) is 20.0. The molecule has 0 N–H and O–H groups in total. The molecule has 1 aliphatic carbocycles. The van der Waals surface area contributed by atoms with Crippen molar-refractivity contribution in [1.82, 2.24) is 0 Å². The maximum atomic E-state index is 13.9. The number of fused-ring (bicyclic) bond motifs is 1. The fourth-order valence-corrected chi connectivity index (χ4v) is 4.14.